The number of aliphatic hydroxyl groups excluding tert-OH is 5. The summed E-state index contributed by atoms with van der Waals surface area (Å²) in [7, 11) is 1.59. The second-order valence-corrected chi connectivity index (χ2v) is 10.9. The van der Waals surface area contributed by atoms with Gasteiger partial charge in [0, 0.05) is 25.2 Å². The second kappa shape index (κ2) is 13.6. The Morgan fingerprint density at radius 3 is 2.21 bits per heavy atom. The smallest absolute Gasteiger partial charge is 0.189 e. The summed E-state index contributed by atoms with van der Waals surface area (Å²) in [4.78, 5) is 0. The van der Waals surface area contributed by atoms with E-state index in [2.05, 4.69) is 10.6 Å². The molecule has 39 heavy (non-hydrogen) atoms. The number of likely N-dealkylation sites (N-methyl/N-ethyl adjacent to an activating group) is 1. The lowest BCUT2D eigenvalue weighted by Crippen LogP contribution is -2.70. The van der Waals surface area contributed by atoms with Crippen LogP contribution in [0.15, 0.2) is 0 Å². The SMILES string of the molecule is CNC1C(O[C@H]2OC(CO)[C@@H](NCCN)C(O)C2O)O[C@H]2CC(N)[C@@H](O[C@@H]3C(N)C[C@@H](N)C[C@H]3O)OC2C1O. The van der Waals surface area contributed by atoms with Crippen molar-refractivity contribution in [3.63, 3.8) is 0 Å². The van der Waals surface area contributed by atoms with Crippen LogP contribution in [0.5, 0.6) is 0 Å². The fraction of sp³-hybridized carbons (Fsp3) is 1.00. The first-order chi connectivity index (χ1) is 18.6. The van der Waals surface area contributed by atoms with E-state index in [1.165, 1.54) is 0 Å². The summed E-state index contributed by atoms with van der Waals surface area (Å²) in [5.41, 5.74) is 24.0. The number of hydrogen-bond donors (Lipinski definition) is 11. The Bertz CT molecular complexity index is 761. The lowest BCUT2D eigenvalue weighted by molar-refractivity contribution is -0.373. The van der Waals surface area contributed by atoms with Crippen LogP contribution < -0.4 is 33.6 Å². The van der Waals surface area contributed by atoms with Crippen LogP contribution in [0.1, 0.15) is 19.3 Å². The third kappa shape index (κ3) is 6.72. The highest BCUT2D eigenvalue weighted by Crippen LogP contribution is 2.35. The Hall–Kier alpha value is -0.640. The van der Waals surface area contributed by atoms with E-state index < -0.39 is 98.5 Å². The van der Waals surface area contributed by atoms with Crippen molar-refractivity contribution in [1.29, 1.82) is 0 Å². The highest BCUT2D eigenvalue weighted by molar-refractivity contribution is 5.00. The van der Waals surface area contributed by atoms with Gasteiger partial charge in [-0.1, -0.05) is 0 Å². The topological polar surface area (TPSA) is 275 Å². The minimum absolute atomic E-state index is 0.224. The molecule has 4 aliphatic rings. The van der Waals surface area contributed by atoms with Crippen molar-refractivity contribution < 1.29 is 49.2 Å². The largest absolute Gasteiger partial charge is 0.394 e. The van der Waals surface area contributed by atoms with Gasteiger partial charge in [0.25, 0.3) is 0 Å². The molecule has 0 radical (unpaired) electrons. The zero-order chi connectivity index (χ0) is 28.4. The minimum atomic E-state index is -1.49. The zero-order valence-corrected chi connectivity index (χ0v) is 22.1. The number of nitrogens with two attached hydrogens (primary N) is 4. The van der Waals surface area contributed by atoms with E-state index in [0.29, 0.717) is 19.4 Å². The monoisotopic (exact) mass is 566 g/mol. The second-order valence-electron chi connectivity index (χ2n) is 10.9. The van der Waals surface area contributed by atoms with Crippen LogP contribution >= 0.6 is 0 Å². The molecule has 3 aliphatic heterocycles. The molecule has 0 spiro atoms. The van der Waals surface area contributed by atoms with E-state index >= 15 is 0 Å². The van der Waals surface area contributed by atoms with Crippen molar-refractivity contribution in [1.82, 2.24) is 10.6 Å². The maximum Gasteiger partial charge on any atom is 0.189 e. The molecule has 4 rings (SSSR count). The molecule has 16 nitrogen and oxygen atoms in total. The summed E-state index contributed by atoms with van der Waals surface area (Å²) in [6, 6.07) is -3.01. The fourth-order valence-corrected chi connectivity index (χ4v) is 5.96. The van der Waals surface area contributed by atoms with E-state index in [1.54, 1.807) is 7.05 Å². The van der Waals surface area contributed by atoms with Gasteiger partial charge >= 0.3 is 0 Å². The molecule has 16 heteroatoms. The Labute approximate surface area is 227 Å². The minimum Gasteiger partial charge on any atom is -0.394 e. The first-order valence-electron chi connectivity index (χ1n) is 13.6. The lowest BCUT2D eigenvalue weighted by atomic mass is 9.86. The van der Waals surface area contributed by atoms with Crippen LogP contribution in [0.4, 0.5) is 0 Å². The maximum absolute atomic E-state index is 11.2. The average molecular weight is 567 g/mol. The number of rotatable bonds is 9. The molecule has 1 saturated carbocycles. The molecule has 4 fully saturated rings. The summed E-state index contributed by atoms with van der Waals surface area (Å²) in [5.74, 6) is 0. The van der Waals surface area contributed by atoms with Crippen molar-refractivity contribution in [2.45, 2.75) is 117 Å². The van der Waals surface area contributed by atoms with E-state index in [0.717, 1.165) is 0 Å². The zero-order valence-electron chi connectivity index (χ0n) is 22.1. The molecule has 3 saturated heterocycles. The number of ether oxygens (including phenoxy) is 5. The predicted octanol–water partition coefficient (Wildman–Crippen LogP) is -6.33. The normalized spacial score (nSPS) is 50.9. The van der Waals surface area contributed by atoms with Gasteiger partial charge in [-0.05, 0) is 26.3 Å². The van der Waals surface area contributed by atoms with Gasteiger partial charge in [0.15, 0.2) is 18.9 Å². The summed E-state index contributed by atoms with van der Waals surface area (Å²) >= 11 is 0. The molecule has 9 unspecified atom stereocenters. The third-order valence-corrected chi connectivity index (χ3v) is 8.04. The van der Waals surface area contributed by atoms with Gasteiger partial charge < -0.3 is 82.8 Å². The molecule has 3 heterocycles. The fourth-order valence-electron chi connectivity index (χ4n) is 5.96. The van der Waals surface area contributed by atoms with E-state index in [-0.39, 0.29) is 19.0 Å². The molecule has 228 valence electrons. The molecule has 0 aromatic rings. The molecule has 15 N–H and O–H groups in total. The third-order valence-electron chi connectivity index (χ3n) is 8.04. The predicted molar refractivity (Wildman–Crippen MR) is 135 cm³/mol. The van der Waals surface area contributed by atoms with Crippen LogP contribution in [0, 0.1) is 0 Å². The Kier molecular flexibility index (Phi) is 10.9. The van der Waals surface area contributed by atoms with Crippen molar-refractivity contribution in [3.8, 4) is 0 Å². The van der Waals surface area contributed by atoms with Crippen LogP contribution in [0.3, 0.4) is 0 Å². The molecular weight excluding hydrogens is 520 g/mol. The molecular formula is C23H46N6O10. The van der Waals surface area contributed by atoms with Crippen LogP contribution in [0.2, 0.25) is 0 Å². The van der Waals surface area contributed by atoms with Crippen molar-refractivity contribution in [3.05, 3.63) is 0 Å². The summed E-state index contributed by atoms with van der Waals surface area (Å²) in [6.07, 6.45) is -10.5. The molecule has 0 amide bonds. The van der Waals surface area contributed by atoms with Gasteiger partial charge in [-0.25, -0.2) is 0 Å². The quantitative estimate of drug-likeness (QED) is 0.124. The van der Waals surface area contributed by atoms with Gasteiger partial charge in [0.05, 0.1) is 36.9 Å². The summed E-state index contributed by atoms with van der Waals surface area (Å²) < 4.78 is 29.8. The van der Waals surface area contributed by atoms with E-state index in [1.807, 2.05) is 0 Å². The highest BCUT2D eigenvalue weighted by atomic mass is 16.8. The Morgan fingerprint density at radius 2 is 1.56 bits per heavy atom. The lowest BCUT2D eigenvalue weighted by Gasteiger charge is -2.51. The first-order valence-corrected chi connectivity index (χ1v) is 13.6. The van der Waals surface area contributed by atoms with Crippen LogP contribution in [0.25, 0.3) is 0 Å². The molecule has 0 aromatic carbocycles. The first kappa shape index (κ1) is 31.3. The average Bonchev–Trinajstić information content (AvgIpc) is 2.89. The molecule has 16 atom stereocenters. The number of hydrogen-bond acceptors (Lipinski definition) is 16. The van der Waals surface area contributed by atoms with E-state index in [9.17, 15) is 25.5 Å². The van der Waals surface area contributed by atoms with Gasteiger partial charge in [-0.15, -0.1) is 0 Å². The number of fused-ring (bicyclic) bond motifs is 1. The summed E-state index contributed by atoms with van der Waals surface area (Å²) in [6.45, 7) is 0.179. The van der Waals surface area contributed by atoms with Crippen LogP contribution in [-0.2, 0) is 23.7 Å². The highest BCUT2D eigenvalue weighted by Gasteiger charge is 2.54. The molecule has 0 bridgehead atoms. The molecule has 1 aliphatic carbocycles. The van der Waals surface area contributed by atoms with Gasteiger partial charge in [0.1, 0.15) is 36.6 Å². The Balaban J connectivity index is 1.41. The van der Waals surface area contributed by atoms with Gasteiger partial charge in [0.2, 0.25) is 0 Å². The Morgan fingerprint density at radius 1 is 0.821 bits per heavy atom. The van der Waals surface area contributed by atoms with Crippen molar-refractivity contribution >= 4 is 0 Å². The standard InChI is InChI=1S/C23H46N6O10/c1-28-15-17(33)20-12(6-10(27)21(38-20)37-19-9(26)4-8(25)5-11(19)31)35-22(15)39-23-18(34)16(32)14(29-3-2-24)13(7-30)36-23/h8-23,28-34H,2-7,24-27H2,1H3/t8-,9?,10?,11-,12+,13?,14-,15?,16?,17?,18?,19-,20?,21+,22?,23-/m1/s1. The number of aliphatic hydroxyl groups is 5. The van der Waals surface area contributed by atoms with E-state index in [4.69, 9.17) is 46.6 Å². The van der Waals surface area contributed by atoms with Crippen molar-refractivity contribution in [2.75, 3.05) is 26.7 Å². The van der Waals surface area contributed by atoms with Gasteiger partial charge in [-0.2, -0.15) is 0 Å². The van der Waals surface area contributed by atoms with Crippen LogP contribution in [-0.4, -0.2) is 150 Å². The van der Waals surface area contributed by atoms with Gasteiger partial charge in [-0.3, -0.25) is 0 Å². The summed E-state index contributed by atoms with van der Waals surface area (Å²) in [5, 5.41) is 58.7. The van der Waals surface area contributed by atoms with Crippen molar-refractivity contribution in [2.24, 2.45) is 22.9 Å². The number of nitrogens with one attached hydrogen (secondary N) is 2. The maximum atomic E-state index is 11.2. The molecule has 0 aromatic heterocycles.